The number of aromatic nitrogens is 1. The van der Waals surface area contributed by atoms with Crippen LogP contribution < -0.4 is 5.32 Å². The molecule has 0 saturated carbocycles. The Morgan fingerprint density at radius 2 is 2.37 bits per heavy atom. The molecule has 1 atom stereocenters. The first-order valence-corrected chi connectivity index (χ1v) is 6.87. The van der Waals surface area contributed by atoms with E-state index < -0.39 is 17.4 Å². The van der Waals surface area contributed by atoms with E-state index in [1.54, 1.807) is 11.8 Å². The highest BCUT2D eigenvalue weighted by Gasteiger charge is 2.44. The number of ether oxygens (including phenoxy) is 1. The van der Waals surface area contributed by atoms with E-state index in [1.165, 1.54) is 25.4 Å². The molecule has 102 valence electrons. The number of nitrogens with one attached hydrogen (secondary N) is 1. The van der Waals surface area contributed by atoms with E-state index in [9.17, 15) is 14.7 Å². The molecule has 6 nitrogen and oxygen atoms in total. The predicted octanol–water partition coefficient (Wildman–Crippen LogP) is 0.566. The highest BCUT2D eigenvalue weighted by Crippen LogP contribution is 2.29. The Morgan fingerprint density at radius 3 is 2.95 bits per heavy atom. The van der Waals surface area contributed by atoms with Crippen molar-refractivity contribution in [3.63, 3.8) is 0 Å². The molecule has 0 radical (unpaired) electrons. The zero-order chi connectivity index (χ0) is 13.9. The molecular formula is C12H14N2O4S. The summed E-state index contributed by atoms with van der Waals surface area (Å²) in [4.78, 5) is 27.8. The summed E-state index contributed by atoms with van der Waals surface area (Å²) >= 11 is 1.57. The molecule has 7 heteroatoms. The van der Waals surface area contributed by atoms with Crippen LogP contribution in [0.5, 0.6) is 5.75 Å². The first-order chi connectivity index (χ1) is 9.09. The molecule has 1 saturated heterocycles. The molecule has 1 fully saturated rings. The van der Waals surface area contributed by atoms with Crippen molar-refractivity contribution in [3.8, 4) is 5.75 Å². The van der Waals surface area contributed by atoms with Gasteiger partial charge in [0.25, 0.3) is 5.91 Å². The minimum atomic E-state index is -1.03. The van der Waals surface area contributed by atoms with Gasteiger partial charge in [-0.05, 0) is 24.3 Å². The number of amides is 1. The van der Waals surface area contributed by atoms with Crippen LogP contribution >= 0.6 is 11.8 Å². The molecule has 1 amide bonds. The van der Waals surface area contributed by atoms with E-state index in [-0.39, 0.29) is 11.4 Å². The molecule has 1 unspecified atom stereocenters. The SMILES string of the molecule is COC(=O)C1(NC(=O)c2ncccc2O)CCSC1. The van der Waals surface area contributed by atoms with Crippen LogP contribution in [0.3, 0.4) is 0 Å². The van der Waals surface area contributed by atoms with Crippen LogP contribution in [0, 0.1) is 0 Å². The van der Waals surface area contributed by atoms with Gasteiger partial charge in [0.1, 0.15) is 11.3 Å². The molecular weight excluding hydrogens is 268 g/mol. The van der Waals surface area contributed by atoms with Gasteiger partial charge in [-0.2, -0.15) is 11.8 Å². The topological polar surface area (TPSA) is 88.5 Å². The summed E-state index contributed by atoms with van der Waals surface area (Å²) in [6.07, 6.45) is 1.91. The largest absolute Gasteiger partial charge is 0.505 e. The van der Waals surface area contributed by atoms with Gasteiger partial charge in [-0.1, -0.05) is 0 Å². The van der Waals surface area contributed by atoms with Crippen molar-refractivity contribution in [2.24, 2.45) is 0 Å². The van der Waals surface area contributed by atoms with E-state index >= 15 is 0 Å². The van der Waals surface area contributed by atoms with E-state index in [4.69, 9.17) is 4.74 Å². The quantitative estimate of drug-likeness (QED) is 0.788. The fourth-order valence-electron chi connectivity index (χ4n) is 1.92. The van der Waals surface area contributed by atoms with Crippen LogP contribution in [0.15, 0.2) is 18.3 Å². The number of carbonyl (C=O) groups excluding carboxylic acids is 2. The lowest BCUT2D eigenvalue weighted by Gasteiger charge is -2.26. The predicted molar refractivity (Wildman–Crippen MR) is 70.1 cm³/mol. The first-order valence-electron chi connectivity index (χ1n) is 5.72. The second kappa shape index (κ2) is 5.48. The monoisotopic (exact) mass is 282 g/mol. The van der Waals surface area contributed by atoms with E-state index in [1.807, 2.05) is 0 Å². The number of aromatic hydroxyl groups is 1. The molecule has 0 bridgehead atoms. The number of rotatable bonds is 3. The fourth-order valence-corrected chi connectivity index (χ4v) is 3.24. The number of hydrogen-bond donors (Lipinski definition) is 2. The second-order valence-corrected chi connectivity index (χ2v) is 5.31. The number of esters is 1. The van der Waals surface area contributed by atoms with Crippen LogP contribution in [0.2, 0.25) is 0 Å². The molecule has 1 aromatic rings. The van der Waals surface area contributed by atoms with E-state index in [2.05, 4.69) is 10.3 Å². The maximum Gasteiger partial charge on any atom is 0.332 e. The van der Waals surface area contributed by atoms with Gasteiger partial charge < -0.3 is 15.2 Å². The molecule has 1 aliphatic rings. The molecule has 0 aromatic carbocycles. The van der Waals surface area contributed by atoms with Crippen molar-refractivity contribution < 1.29 is 19.4 Å². The minimum absolute atomic E-state index is 0.0947. The van der Waals surface area contributed by atoms with Gasteiger partial charge in [-0.3, -0.25) is 4.79 Å². The Labute approximate surface area is 114 Å². The van der Waals surface area contributed by atoms with Crippen LogP contribution in [0.4, 0.5) is 0 Å². The van der Waals surface area contributed by atoms with Gasteiger partial charge in [-0.25, -0.2) is 9.78 Å². The fraction of sp³-hybridized carbons (Fsp3) is 0.417. The summed E-state index contributed by atoms with van der Waals surface area (Å²) in [6.45, 7) is 0. The standard InChI is InChI=1S/C12H14N2O4S/c1-18-11(17)12(4-6-19-7-12)14-10(16)9-8(15)3-2-5-13-9/h2-3,5,15H,4,6-7H2,1H3,(H,14,16). The number of nitrogens with zero attached hydrogens (tertiary/aromatic N) is 1. The number of pyridine rings is 1. The van der Waals surface area contributed by atoms with Gasteiger partial charge >= 0.3 is 5.97 Å². The van der Waals surface area contributed by atoms with Crippen molar-refractivity contribution >= 4 is 23.6 Å². The lowest BCUT2D eigenvalue weighted by atomic mass is 9.99. The summed E-state index contributed by atoms with van der Waals surface area (Å²) in [5, 5.41) is 12.2. The summed E-state index contributed by atoms with van der Waals surface area (Å²) in [5.41, 5.74) is -1.12. The molecule has 0 aliphatic carbocycles. The average molecular weight is 282 g/mol. The van der Waals surface area contributed by atoms with Crippen molar-refractivity contribution in [1.29, 1.82) is 0 Å². The van der Waals surface area contributed by atoms with Crippen LogP contribution in [0.1, 0.15) is 16.9 Å². The van der Waals surface area contributed by atoms with Crippen molar-refractivity contribution in [1.82, 2.24) is 10.3 Å². The normalized spacial score (nSPS) is 21.9. The Kier molecular flexibility index (Phi) is 3.94. The molecule has 1 aromatic heterocycles. The van der Waals surface area contributed by atoms with Gasteiger partial charge in [0.15, 0.2) is 5.69 Å². The Balaban J connectivity index is 2.21. The number of hydrogen-bond acceptors (Lipinski definition) is 6. The summed E-state index contributed by atoms with van der Waals surface area (Å²) in [7, 11) is 1.29. The highest BCUT2D eigenvalue weighted by molar-refractivity contribution is 7.99. The highest BCUT2D eigenvalue weighted by atomic mass is 32.2. The molecule has 0 spiro atoms. The smallest absolute Gasteiger partial charge is 0.332 e. The van der Waals surface area contributed by atoms with Crippen molar-refractivity contribution in [2.45, 2.75) is 12.0 Å². The maximum absolute atomic E-state index is 12.1. The van der Waals surface area contributed by atoms with E-state index in [0.29, 0.717) is 12.2 Å². The van der Waals surface area contributed by atoms with Gasteiger partial charge in [0.05, 0.1) is 7.11 Å². The van der Waals surface area contributed by atoms with E-state index in [0.717, 1.165) is 5.75 Å². The number of carbonyl (C=O) groups is 2. The summed E-state index contributed by atoms with van der Waals surface area (Å²) < 4.78 is 4.75. The maximum atomic E-state index is 12.1. The number of methoxy groups -OCH3 is 1. The summed E-state index contributed by atoms with van der Waals surface area (Å²) in [6, 6.07) is 2.89. The lowest BCUT2D eigenvalue weighted by molar-refractivity contribution is -0.147. The molecule has 2 rings (SSSR count). The van der Waals surface area contributed by atoms with Gasteiger partial charge in [0, 0.05) is 11.9 Å². The summed E-state index contributed by atoms with van der Waals surface area (Å²) in [5.74, 6) is -0.0410. The van der Waals surface area contributed by atoms with Gasteiger partial charge in [-0.15, -0.1) is 0 Å². The van der Waals surface area contributed by atoms with Crippen LogP contribution in [-0.2, 0) is 9.53 Å². The average Bonchev–Trinajstić information content (AvgIpc) is 2.88. The van der Waals surface area contributed by atoms with Crippen molar-refractivity contribution in [2.75, 3.05) is 18.6 Å². The van der Waals surface area contributed by atoms with Gasteiger partial charge in [0.2, 0.25) is 0 Å². The third-order valence-electron chi connectivity index (χ3n) is 2.95. The number of thioether (sulfide) groups is 1. The molecule has 2 N–H and O–H groups in total. The first kappa shape index (κ1) is 13.7. The Morgan fingerprint density at radius 1 is 1.58 bits per heavy atom. The lowest BCUT2D eigenvalue weighted by Crippen LogP contribution is -2.55. The Bertz CT molecular complexity index is 500. The van der Waals surface area contributed by atoms with Crippen molar-refractivity contribution in [3.05, 3.63) is 24.0 Å². The second-order valence-electron chi connectivity index (χ2n) is 4.20. The molecule has 2 heterocycles. The van der Waals surface area contributed by atoms with Crippen LogP contribution in [-0.4, -0.2) is 46.1 Å². The third kappa shape index (κ3) is 2.65. The minimum Gasteiger partial charge on any atom is -0.505 e. The Hall–Kier alpha value is -1.76. The molecule has 1 aliphatic heterocycles. The third-order valence-corrected chi connectivity index (χ3v) is 4.14. The zero-order valence-corrected chi connectivity index (χ0v) is 11.2. The van der Waals surface area contributed by atoms with Crippen LogP contribution in [0.25, 0.3) is 0 Å². The molecule has 19 heavy (non-hydrogen) atoms. The zero-order valence-electron chi connectivity index (χ0n) is 10.4.